The fourth-order valence-corrected chi connectivity index (χ4v) is 7.70. The number of aryl methyl sites for hydroxylation is 1. The van der Waals surface area contributed by atoms with Crippen LogP contribution < -0.4 is 4.90 Å². The number of phenolic OH excluding ortho intramolecular Hbond substituents is 1. The molecule has 2 aliphatic heterocycles. The van der Waals surface area contributed by atoms with Crippen molar-refractivity contribution in [2.45, 2.75) is 57.8 Å². The lowest BCUT2D eigenvalue weighted by molar-refractivity contribution is -0.139. The second-order valence-corrected chi connectivity index (χ2v) is 12.4. The van der Waals surface area contributed by atoms with Gasteiger partial charge in [0.25, 0.3) is 0 Å². The highest BCUT2D eigenvalue weighted by Crippen LogP contribution is 2.42. The second kappa shape index (κ2) is 12.1. The first-order valence-corrected chi connectivity index (χ1v) is 15.4. The van der Waals surface area contributed by atoms with Crippen LogP contribution in [0.15, 0.2) is 72.8 Å². The highest BCUT2D eigenvalue weighted by atomic mass is 16.4. The predicted octanol–water partition coefficient (Wildman–Crippen LogP) is 7.23. The van der Waals surface area contributed by atoms with Gasteiger partial charge in [0.1, 0.15) is 5.75 Å². The molecular formula is C36H42N2O3. The van der Waals surface area contributed by atoms with Crippen LogP contribution in [0.1, 0.15) is 73.6 Å². The Morgan fingerprint density at radius 1 is 0.780 bits per heavy atom. The fourth-order valence-electron chi connectivity index (χ4n) is 7.70. The van der Waals surface area contributed by atoms with Gasteiger partial charge >= 0.3 is 5.97 Å². The molecule has 5 heteroatoms. The minimum absolute atomic E-state index is 0.175. The van der Waals surface area contributed by atoms with Crippen LogP contribution in [0, 0.1) is 5.41 Å². The third-order valence-corrected chi connectivity index (χ3v) is 9.55. The van der Waals surface area contributed by atoms with Crippen molar-refractivity contribution in [1.82, 2.24) is 4.90 Å². The van der Waals surface area contributed by atoms with Gasteiger partial charge in [-0.1, -0.05) is 48.5 Å². The summed E-state index contributed by atoms with van der Waals surface area (Å²) in [5.41, 5.74) is 9.18. The van der Waals surface area contributed by atoms with Crippen molar-refractivity contribution in [3.63, 3.8) is 0 Å². The number of carbonyl (C=O) groups is 1. The molecule has 0 atom stereocenters. The monoisotopic (exact) mass is 550 g/mol. The molecular weight excluding hydrogens is 508 g/mol. The molecule has 0 aromatic heterocycles. The van der Waals surface area contributed by atoms with Gasteiger partial charge in [0.05, 0.1) is 6.54 Å². The zero-order valence-electron chi connectivity index (χ0n) is 24.0. The number of allylic oxidation sites excluding steroid dienone is 1. The number of phenols is 1. The van der Waals surface area contributed by atoms with Crippen molar-refractivity contribution in [2.75, 3.05) is 37.6 Å². The van der Waals surface area contributed by atoms with E-state index in [0.717, 1.165) is 64.7 Å². The van der Waals surface area contributed by atoms with E-state index in [1.54, 1.807) is 0 Å². The van der Waals surface area contributed by atoms with E-state index in [4.69, 9.17) is 0 Å². The number of carboxylic acids is 1. The van der Waals surface area contributed by atoms with Crippen LogP contribution >= 0.6 is 0 Å². The Balaban J connectivity index is 1.23. The molecule has 41 heavy (non-hydrogen) atoms. The molecule has 5 nitrogen and oxygen atoms in total. The maximum atomic E-state index is 11.3. The van der Waals surface area contributed by atoms with E-state index in [1.165, 1.54) is 58.3 Å². The molecule has 3 aromatic carbocycles. The lowest BCUT2D eigenvalue weighted by Crippen LogP contribution is -2.46. The van der Waals surface area contributed by atoms with E-state index in [1.807, 2.05) is 12.1 Å². The Kier molecular flexibility index (Phi) is 8.16. The molecule has 0 amide bonds. The van der Waals surface area contributed by atoms with Crippen LogP contribution in [0.3, 0.4) is 0 Å². The smallest absolute Gasteiger partial charge is 0.317 e. The SMILES string of the molecule is O=C(O)CN1CCCC2(CCCN(c3ccc(C4=C(c5ccccc5)CCCc5cc(O)ccc54)cc3)CCC2)C1. The Morgan fingerprint density at radius 3 is 2.20 bits per heavy atom. The Labute approximate surface area is 244 Å². The molecule has 0 saturated carbocycles. The number of aromatic hydroxyl groups is 1. The Morgan fingerprint density at radius 2 is 1.49 bits per heavy atom. The van der Waals surface area contributed by atoms with Crippen molar-refractivity contribution in [1.29, 1.82) is 0 Å². The minimum Gasteiger partial charge on any atom is -0.508 e. The Bertz CT molecular complexity index is 1390. The van der Waals surface area contributed by atoms with E-state index < -0.39 is 5.97 Å². The van der Waals surface area contributed by atoms with Crippen LogP contribution in [0.25, 0.3) is 11.1 Å². The number of aliphatic carboxylic acids is 1. The third-order valence-electron chi connectivity index (χ3n) is 9.55. The molecule has 2 heterocycles. The number of piperidine rings is 1. The van der Waals surface area contributed by atoms with Crippen LogP contribution in [-0.2, 0) is 11.2 Å². The first kappa shape index (κ1) is 27.6. The summed E-state index contributed by atoms with van der Waals surface area (Å²) >= 11 is 0. The lowest BCUT2D eigenvalue weighted by Gasteiger charge is -2.45. The molecule has 1 spiro atoms. The lowest BCUT2D eigenvalue weighted by atomic mass is 9.72. The van der Waals surface area contributed by atoms with Crippen LogP contribution in [-0.4, -0.2) is 53.8 Å². The van der Waals surface area contributed by atoms with Crippen molar-refractivity contribution >= 4 is 22.8 Å². The molecule has 1 aliphatic carbocycles. The van der Waals surface area contributed by atoms with Gasteiger partial charge in [0.15, 0.2) is 0 Å². The zero-order valence-corrected chi connectivity index (χ0v) is 24.0. The van der Waals surface area contributed by atoms with Crippen LogP contribution in [0.5, 0.6) is 5.75 Å². The highest BCUT2D eigenvalue weighted by Gasteiger charge is 2.36. The number of carboxylic acid groups (broad SMARTS) is 1. The molecule has 2 fully saturated rings. The summed E-state index contributed by atoms with van der Waals surface area (Å²) in [5, 5.41) is 19.5. The second-order valence-electron chi connectivity index (χ2n) is 12.4. The van der Waals surface area contributed by atoms with Gasteiger partial charge in [0.2, 0.25) is 0 Å². The van der Waals surface area contributed by atoms with E-state index in [2.05, 4.69) is 70.5 Å². The van der Waals surface area contributed by atoms with Gasteiger partial charge in [-0.05, 0) is 127 Å². The summed E-state index contributed by atoms with van der Waals surface area (Å²) < 4.78 is 0. The number of nitrogens with zero attached hydrogens (tertiary/aromatic N) is 2. The highest BCUT2D eigenvalue weighted by molar-refractivity contribution is 6.00. The molecule has 0 radical (unpaired) electrons. The summed E-state index contributed by atoms with van der Waals surface area (Å²) in [5.74, 6) is -0.372. The summed E-state index contributed by atoms with van der Waals surface area (Å²) in [7, 11) is 0. The third kappa shape index (κ3) is 6.20. The molecule has 3 aromatic rings. The Hall–Kier alpha value is -3.57. The molecule has 0 unspecified atom stereocenters. The molecule has 6 rings (SSSR count). The van der Waals surface area contributed by atoms with E-state index in [-0.39, 0.29) is 12.0 Å². The number of likely N-dealkylation sites (tertiary alicyclic amines) is 1. The standard InChI is InChI=1S/C36H42N2O3/c39-31-16-17-33-29(24-31)10-4-11-32(27-8-2-1-3-9-27)35(33)28-12-14-30(15-13-28)38-22-6-19-36(20-7-23-38)18-5-21-37(26-36)25-34(40)41/h1-3,8-9,12-17,24,39H,4-7,10-11,18-23,25-26H2,(H,40,41). The van der Waals surface area contributed by atoms with Crippen molar-refractivity contribution in [2.24, 2.45) is 5.41 Å². The molecule has 2 N–H and O–H groups in total. The number of benzene rings is 3. The number of hydrogen-bond donors (Lipinski definition) is 2. The van der Waals surface area contributed by atoms with Crippen molar-refractivity contribution in [3.8, 4) is 5.75 Å². The van der Waals surface area contributed by atoms with Gasteiger partial charge in [-0.2, -0.15) is 0 Å². The zero-order chi connectivity index (χ0) is 28.2. The number of fused-ring (bicyclic) bond motifs is 1. The van der Waals surface area contributed by atoms with Gasteiger partial charge < -0.3 is 15.1 Å². The number of rotatable bonds is 5. The minimum atomic E-state index is -0.709. The van der Waals surface area contributed by atoms with E-state index >= 15 is 0 Å². The van der Waals surface area contributed by atoms with Gasteiger partial charge in [-0.15, -0.1) is 0 Å². The van der Waals surface area contributed by atoms with Gasteiger partial charge in [-0.3, -0.25) is 9.69 Å². The summed E-state index contributed by atoms with van der Waals surface area (Å²) in [4.78, 5) is 16.0. The largest absolute Gasteiger partial charge is 0.508 e. The average Bonchev–Trinajstić information content (AvgIpc) is 3.15. The first-order chi connectivity index (χ1) is 20.0. The summed E-state index contributed by atoms with van der Waals surface area (Å²) in [6.45, 7) is 4.11. The van der Waals surface area contributed by atoms with Gasteiger partial charge in [0, 0.05) is 25.3 Å². The van der Waals surface area contributed by atoms with Crippen molar-refractivity contribution < 1.29 is 15.0 Å². The number of hydrogen-bond acceptors (Lipinski definition) is 4. The molecule has 3 aliphatic rings. The fraction of sp³-hybridized carbons (Fsp3) is 0.417. The predicted molar refractivity (Wildman–Crippen MR) is 166 cm³/mol. The first-order valence-electron chi connectivity index (χ1n) is 15.4. The topological polar surface area (TPSA) is 64.0 Å². The summed E-state index contributed by atoms with van der Waals surface area (Å²) in [6.07, 6.45) is 10.0. The van der Waals surface area contributed by atoms with Crippen molar-refractivity contribution in [3.05, 3.63) is 95.1 Å². The maximum absolute atomic E-state index is 11.3. The van der Waals surface area contributed by atoms with E-state index in [0.29, 0.717) is 5.75 Å². The van der Waals surface area contributed by atoms with Gasteiger partial charge in [-0.25, -0.2) is 0 Å². The molecule has 214 valence electrons. The normalized spacial score (nSPS) is 19.8. The number of anilines is 1. The molecule has 2 saturated heterocycles. The quantitative estimate of drug-likeness (QED) is 0.351. The maximum Gasteiger partial charge on any atom is 0.317 e. The van der Waals surface area contributed by atoms with Crippen LogP contribution in [0.2, 0.25) is 0 Å². The average molecular weight is 551 g/mol. The van der Waals surface area contributed by atoms with Crippen LogP contribution in [0.4, 0.5) is 5.69 Å². The molecule has 0 bridgehead atoms. The summed E-state index contributed by atoms with van der Waals surface area (Å²) in [6, 6.07) is 25.8. The van der Waals surface area contributed by atoms with E-state index in [9.17, 15) is 15.0 Å².